The monoisotopic (exact) mass is 306 g/mol. The molecule has 1 saturated carbocycles. The number of ketones is 1. The molecule has 0 N–H and O–H groups in total. The zero-order valence-corrected chi connectivity index (χ0v) is 14.7. The number of carbonyl (C=O) groups excluding carboxylic acids is 2. The lowest BCUT2D eigenvalue weighted by atomic mass is 9.51. The van der Waals surface area contributed by atoms with Gasteiger partial charge in [0.15, 0.2) is 0 Å². The average Bonchev–Trinajstić information content (AvgIpc) is 2.49. The summed E-state index contributed by atoms with van der Waals surface area (Å²) < 4.78 is 5.11. The van der Waals surface area contributed by atoms with E-state index < -0.39 is 5.41 Å². The van der Waals surface area contributed by atoms with Gasteiger partial charge in [-0.15, -0.1) is 0 Å². The van der Waals surface area contributed by atoms with Gasteiger partial charge in [-0.3, -0.25) is 4.79 Å². The van der Waals surface area contributed by atoms with E-state index in [1.54, 1.807) is 6.92 Å². The quantitative estimate of drug-likeness (QED) is 0.574. The van der Waals surface area contributed by atoms with Crippen molar-refractivity contribution in [2.75, 3.05) is 7.11 Å². The summed E-state index contributed by atoms with van der Waals surface area (Å²) in [5.74, 6) is 0.991. The number of rotatable bonds is 4. The molecule has 3 heteroatoms. The van der Waals surface area contributed by atoms with Gasteiger partial charge in [0.05, 0.1) is 12.5 Å². The Balaban J connectivity index is 2.36. The third-order valence-corrected chi connectivity index (χ3v) is 6.46. The molecule has 2 aliphatic rings. The Bertz CT molecular complexity index is 493. The Kier molecular flexibility index (Phi) is 4.84. The van der Waals surface area contributed by atoms with Crippen LogP contribution in [0.1, 0.15) is 66.2 Å². The van der Waals surface area contributed by atoms with Gasteiger partial charge in [0.2, 0.25) is 0 Å². The van der Waals surface area contributed by atoms with Gasteiger partial charge < -0.3 is 9.53 Å². The van der Waals surface area contributed by atoms with Gasteiger partial charge in [-0.05, 0) is 63.2 Å². The smallest absolute Gasteiger partial charge is 0.312 e. The number of fused-ring (bicyclic) bond motifs is 1. The van der Waals surface area contributed by atoms with Crippen molar-refractivity contribution in [2.24, 2.45) is 22.7 Å². The summed E-state index contributed by atoms with van der Waals surface area (Å²) in [4.78, 5) is 23.9. The van der Waals surface area contributed by atoms with Crippen LogP contribution in [0.15, 0.2) is 11.6 Å². The normalized spacial score (nSPS) is 38.0. The molecule has 0 aromatic heterocycles. The molecule has 22 heavy (non-hydrogen) atoms. The molecule has 0 bridgehead atoms. The van der Waals surface area contributed by atoms with Crippen LogP contribution in [0.4, 0.5) is 0 Å². The van der Waals surface area contributed by atoms with E-state index in [0.717, 1.165) is 32.1 Å². The molecule has 124 valence electrons. The summed E-state index contributed by atoms with van der Waals surface area (Å²) in [6.45, 7) is 8.32. The lowest BCUT2D eigenvalue weighted by molar-refractivity contribution is -0.156. The van der Waals surface area contributed by atoms with Crippen molar-refractivity contribution < 1.29 is 14.3 Å². The highest BCUT2D eigenvalue weighted by atomic mass is 16.5. The number of Topliss-reactive ketones (excluding diaryl/α,β-unsaturated/α-hetero) is 1. The summed E-state index contributed by atoms with van der Waals surface area (Å²) in [5, 5.41) is 0. The van der Waals surface area contributed by atoms with Gasteiger partial charge in [0, 0.05) is 6.42 Å². The molecule has 0 saturated heterocycles. The summed E-state index contributed by atoms with van der Waals surface area (Å²) in [7, 11) is 1.49. The molecule has 0 radical (unpaired) electrons. The Morgan fingerprint density at radius 2 is 2.00 bits per heavy atom. The van der Waals surface area contributed by atoms with Crippen molar-refractivity contribution in [3.8, 4) is 0 Å². The topological polar surface area (TPSA) is 43.4 Å². The van der Waals surface area contributed by atoms with E-state index in [2.05, 4.69) is 26.8 Å². The lowest BCUT2D eigenvalue weighted by Gasteiger charge is -2.52. The molecule has 0 heterocycles. The third kappa shape index (κ3) is 2.75. The second-order valence-electron chi connectivity index (χ2n) is 7.76. The molecule has 2 rings (SSSR count). The van der Waals surface area contributed by atoms with Crippen molar-refractivity contribution >= 4 is 11.8 Å². The average molecular weight is 306 g/mol. The number of hydrogen-bond acceptors (Lipinski definition) is 3. The molecule has 2 aliphatic carbocycles. The minimum Gasteiger partial charge on any atom is -0.469 e. The lowest BCUT2D eigenvalue weighted by Crippen LogP contribution is -2.47. The second-order valence-corrected chi connectivity index (χ2v) is 7.76. The van der Waals surface area contributed by atoms with Crippen molar-refractivity contribution in [1.82, 2.24) is 0 Å². The zero-order valence-electron chi connectivity index (χ0n) is 14.7. The Morgan fingerprint density at radius 1 is 1.32 bits per heavy atom. The predicted octanol–water partition coefficient (Wildman–Crippen LogP) is 4.31. The molecule has 0 aliphatic heterocycles. The number of esters is 1. The molecular formula is C19H30O3. The molecule has 1 fully saturated rings. The molecule has 4 unspecified atom stereocenters. The first-order chi connectivity index (χ1) is 10.3. The van der Waals surface area contributed by atoms with Gasteiger partial charge in [-0.1, -0.05) is 25.5 Å². The molecule has 0 amide bonds. The maximum atomic E-state index is 12.4. The first-order valence-electron chi connectivity index (χ1n) is 8.54. The molecule has 0 aromatic rings. The minimum absolute atomic E-state index is 0.0320. The second kappa shape index (κ2) is 6.17. The van der Waals surface area contributed by atoms with Crippen LogP contribution < -0.4 is 0 Å². The SMILES string of the molecule is COC(=O)C1(C)CCC=C2C1CCC(C)C2(C)CCC(C)=O. The summed E-state index contributed by atoms with van der Waals surface area (Å²) in [6.07, 6.45) is 7.83. The predicted molar refractivity (Wildman–Crippen MR) is 87.4 cm³/mol. The summed E-state index contributed by atoms with van der Waals surface area (Å²) in [5.41, 5.74) is 1.03. The zero-order chi connectivity index (χ0) is 16.5. The maximum Gasteiger partial charge on any atom is 0.312 e. The largest absolute Gasteiger partial charge is 0.469 e. The highest BCUT2D eigenvalue weighted by Crippen LogP contribution is 2.58. The fraction of sp³-hybridized carbons (Fsp3) is 0.789. The standard InChI is InChI=1S/C19H30O3/c1-13-8-9-16-15(18(13,3)12-10-14(2)20)7-6-11-19(16,4)17(21)22-5/h7,13,16H,6,8-12H2,1-5H3. The van der Waals surface area contributed by atoms with Crippen LogP contribution in [0, 0.1) is 22.7 Å². The number of methoxy groups -OCH3 is 1. The van der Waals surface area contributed by atoms with Gasteiger partial charge in [0.25, 0.3) is 0 Å². The number of ether oxygens (including phenoxy) is 1. The van der Waals surface area contributed by atoms with Crippen LogP contribution >= 0.6 is 0 Å². The summed E-state index contributed by atoms with van der Waals surface area (Å²) in [6, 6.07) is 0. The Hall–Kier alpha value is -1.12. The highest BCUT2D eigenvalue weighted by Gasteiger charge is 2.52. The number of carbonyl (C=O) groups is 2. The van der Waals surface area contributed by atoms with Crippen molar-refractivity contribution in [1.29, 1.82) is 0 Å². The van der Waals surface area contributed by atoms with Crippen molar-refractivity contribution in [2.45, 2.75) is 66.2 Å². The van der Waals surface area contributed by atoms with Crippen LogP contribution in [-0.2, 0) is 14.3 Å². The van der Waals surface area contributed by atoms with Crippen LogP contribution in [0.5, 0.6) is 0 Å². The van der Waals surface area contributed by atoms with Crippen LogP contribution in [0.2, 0.25) is 0 Å². The highest BCUT2D eigenvalue weighted by molar-refractivity contribution is 5.78. The van der Waals surface area contributed by atoms with Gasteiger partial charge in [0.1, 0.15) is 5.78 Å². The fourth-order valence-electron chi connectivity index (χ4n) is 4.62. The van der Waals surface area contributed by atoms with E-state index in [4.69, 9.17) is 4.74 Å². The molecule has 4 atom stereocenters. The van der Waals surface area contributed by atoms with E-state index in [1.165, 1.54) is 12.7 Å². The van der Waals surface area contributed by atoms with Gasteiger partial charge in [-0.25, -0.2) is 0 Å². The summed E-state index contributed by atoms with van der Waals surface area (Å²) >= 11 is 0. The third-order valence-electron chi connectivity index (χ3n) is 6.46. The molecular weight excluding hydrogens is 276 g/mol. The first kappa shape index (κ1) is 17.2. The van der Waals surface area contributed by atoms with E-state index in [0.29, 0.717) is 12.3 Å². The van der Waals surface area contributed by atoms with E-state index in [-0.39, 0.29) is 23.1 Å². The van der Waals surface area contributed by atoms with Gasteiger partial charge >= 0.3 is 5.97 Å². The van der Waals surface area contributed by atoms with Gasteiger partial charge in [-0.2, -0.15) is 0 Å². The number of hydrogen-bond donors (Lipinski definition) is 0. The van der Waals surface area contributed by atoms with Crippen molar-refractivity contribution in [3.05, 3.63) is 11.6 Å². The fourth-order valence-corrected chi connectivity index (χ4v) is 4.62. The minimum atomic E-state index is -0.406. The van der Waals surface area contributed by atoms with Crippen LogP contribution in [0.25, 0.3) is 0 Å². The molecule has 0 aromatic carbocycles. The first-order valence-corrected chi connectivity index (χ1v) is 8.54. The maximum absolute atomic E-state index is 12.4. The Labute approximate surface area is 134 Å². The van der Waals surface area contributed by atoms with E-state index in [1.807, 2.05) is 0 Å². The van der Waals surface area contributed by atoms with E-state index >= 15 is 0 Å². The van der Waals surface area contributed by atoms with E-state index in [9.17, 15) is 9.59 Å². The molecule has 3 nitrogen and oxygen atoms in total. The van der Waals surface area contributed by atoms with Crippen LogP contribution in [-0.4, -0.2) is 18.9 Å². The van der Waals surface area contributed by atoms with Crippen molar-refractivity contribution in [3.63, 3.8) is 0 Å². The molecule has 0 spiro atoms. The number of allylic oxidation sites excluding steroid dienone is 2. The van der Waals surface area contributed by atoms with Crippen LogP contribution in [0.3, 0.4) is 0 Å². The Morgan fingerprint density at radius 3 is 2.59 bits per heavy atom.